The molecule has 1 fully saturated rings. The van der Waals surface area contributed by atoms with Crippen LogP contribution in [0.4, 0.5) is 0 Å². The third kappa shape index (κ3) is 1.96. The quantitative estimate of drug-likeness (QED) is 0.918. The van der Waals surface area contributed by atoms with Crippen LogP contribution in [-0.2, 0) is 12.5 Å². The lowest BCUT2D eigenvalue weighted by molar-refractivity contribution is 0.395. The molecule has 1 aliphatic carbocycles. The normalized spacial score (nSPS) is 16.8. The molecule has 0 spiro atoms. The molecule has 0 amide bonds. The van der Waals surface area contributed by atoms with Crippen LogP contribution in [0.25, 0.3) is 11.0 Å². The van der Waals surface area contributed by atoms with Crippen LogP contribution in [0.15, 0.2) is 18.2 Å². The fourth-order valence-corrected chi connectivity index (χ4v) is 2.79. The van der Waals surface area contributed by atoms with Crippen molar-refractivity contribution in [1.29, 1.82) is 0 Å². The Labute approximate surface area is 114 Å². The van der Waals surface area contributed by atoms with Crippen LogP contribution in [0.3, 0.4) is 0 Å². The van der Waals surface area contributed by atoms with E-state index in [1.54, 1.807) is 0 Å². The Balaban J connectivity index is 2.08. The number of rotatable bonds is 3. The number of fused-ring (bicyclic) bond motifs is 1. The smallest absolute Gasteiger partial charge is 0.112 e. The minimum absolute atomic E-state index is 0.0162. The first kappa shape index (κ1) is 12.7. The van der Waals surface area contributed by atoms with E-state index in [2.05, 4.69) is 43.7 Å². The third-order valence-corrected chi connectivity index (χ3v) is 4.68. The average Bonchev–Trinajstić information content (AvgIpc) is 2.64. The van der Waals surface area contributed by atoms with Crippen molar-refractivity contribution in [3.63, 3.8) is 0 Å². The predicted octanol–water partition coefficient (Wildman–Crippen LogP) is 3.08. The molecule has 3 rings (SSSR count). The highest BCUT2D eigenvalue weighted by Crippen LogP contribution is 2.37. The van der Waals surface area contributed by atoms with Crippen molar-refractivity contribution in [3.8, 4) is 0 Å². The summed E-state index contributed by atoms with van der Waals surface area (Å²) in [7, 11) is 2.14. The number of imidazole rings is 1. The van der Waals surface area contributed by atoms with Crippen molar-refractivity contribution in [1.82, 2.24) is 9.55 Å². The molecular formula is C16H23N3. The molecule has 0 unspecified atom stereocenters. The number of aryl methyl sites for hydroxylation is 1. The monoisotopic (exact) mass is 257 g/mol. The average molecular weight is 257 g/mol. The highest BCUT2D eigenvalue weighted by atomic mass is 15.1. The third-order valence-electron chi connectivity index (χ3n) is 4.68. The van der Waals surface area contributed by atoms with Gasteiger partial charge < -0.3 is 10.3 Å². The van der Waals surface area contributed by atoms with E-state index < -0.39 is 0 Å². The maximum Gasteiger partial charge on any atom is 0.112 e. The van der Waals surface area contributed by atoms with Gasteiger partial charge in [0, 0.05) is 24.9 Å². The second-order valence-corrected chi connectivity index (χ2v) is 6.45. The van der Waals surface area contributed by atoms with Crippen LogP contribution in [0, 0.1) is 0 Å². The lowest BCUT2D eigenvalue weighted by atomic mass is 9.85. The summed E-state index contributed by atoms with van der Waals surface area (Å²) < 4.78 is 2.26. The molecule has 0 radical (unpaired) electrons. The lowest BCUT2D eigenvalue weighted by Gasteiger charge is -2.24. The SMILES string of the molecule is Cn1c(C2CCC2)nc2cc(C(C)(C)CN)ccc21. The zero-order valence-corrected chi connectivity index (χ0v) is 12.1. The van der Waals surface area contributed by atoms with E-state index in [4.69, 9.17) is 10.7 Å². The topological polar surface area (TPSA) is 43.8 Å². The van der Waals surface area contributed by atoms with Crippen LogP contribution < -0.4 is 5.73 Å². The highest BCUT2D eigenvalue weighted by Gasteiger charge is 2.25. The molecule has 19 heavy (non-hydrogen) atoms. The molecule has 102 valence electrons. The van der Waals surface area contributed by atoms with Gasteiger partial charge in [0.2, 0.25) is 0 Å². The van der Waals surface area contributed by atoms with E-state index in [0.717, 1.165) is 5.52 Å². The maximum absolute atomic E-state index is 5.87. The molecule has 1 heterocycles. The van der Waals surface area contributed by atoms with Gasteiger partial charge >= 0.3 is 0 Å². The van der Waals surface area contributed by atoms with Gasteiger partial charge in [-0.25, -0.2) is 4.98 Å². The fourth-order valence-electron chi connectivity index (χ4n) is 2.79. The van der Waals surface area contributed by atoms with Crippen molar-refractivity contribution in [2.24, 2.45) is 12.8 Å². The van der Waals surface area contributed by atoms with Crippen LogP contribution in [-0.4, -0.2) is 16.1 Å². The standard InChI is InChI=1S/C16H23N3/c1-16(2,10-17)12-7-8-14-13(9-12)18-15(19(14)3)11-5-4-6-11/h7-9,11H,4-6,10,17H2,1-3H3. The van der Waals surface area contributed by atoms with Crippen molar-refractivity contribution < 1.29 is 0 Å². The summed E-state index contributed by atoms with van der Waals surface area (Å²) in [6, 6.07) is 6.60. The summed E-state index contributed by atoms with van der Waals surface area (Å²) in [5.41, 5.74) is 9.51. The van der Waals surface area contributed by atoms with Gasteiger partial charge in [-0.2, -0.15) is 0 Å². The Morgan fingerprint density at radius 1 is 1.37 bits per heavy atom. The number of nitrogens with two attached hydrogens (primary N) is 1. The minimum atomic E-state index is 0.0162. The van der Waals surface area contributed by atoms with Gasteiger partial charge in [0.25, 0.3) is 0 Å². The first-order valence-corrected chi connectivity index (χ1v) is 7.20. The second-order valence-electron chi connectivity index (χ2n) is 6.45. The summed E-state index contributed by atoms with van der Waals surface area (Å²) in [6.45, 7) is 5.02. The number of aromatic nitrogens is 2. The molecule has 0 aliphatic heterocycles. The summed E-state index contributed by atoms with van der Waals surface area (Å²) in [5.74, 6) is 1.92. The van der Waals surface area contributed by atoms with Crippen LogP contribution in [0.5, 0.6) is 0 Å². The largest absolute Gasteiger partial charge is 0.331 e. The number of benzene rings is 1. The van der Waals surface area contributed by atoms with E-state index in [1.807, 2.05) is 0 Å². The first-order valence-electron chi connectivity index (χ1n) is 7.20. The first-order chi connectivity index (χ1) is 9.03. The van der Waals surface area contributed by atoms with Crippen molar-refractivity contribution in [2.75, 3.05) is 6.54 Å². The Morgan fingerprint density at radius 3 is 2.68 bits per heavy atom. The van der Waals surface area contributed by atoms with Crippen molar-refractivity contribution in [3.05, 3.63) is 29.6 Å². The van der Waals surface area contributed by atoms with Gasteiger partial charge in [-0.1, -0.05) is 26.3 Å². The molecule has 0 bridgehead atoms. The molecule has 3 nitrogen and oxygen atoms in total. The van der Waals surface area contributed by atoms with Crippen molar-refractivity contribution in [2.45, 2.75) is 44.4 Å². The van der Waals surface area contributed by atoms with E-state index in [0.29, 0.717) is 12.5 Å². The van der Waals surface area contributed by atoms with Gasteiger partial charge in [0.05, 0.1) is 11.0 Å². The molecular weight excluding hydrogens is 234 g/mol. The van der Waals surface area contributed by atoms with E-state index in [1.165, 1.54) is 36.2 Å². The molecule has 1 aliphatic rings. The Morgan fingerprint density at radius 2 is 2.11 bits per heavy atom. The van der Waals surface area contributed by atoms with Crippen LogP contribution in [0.2, 0.25) is 0 Å². The number of hydrogen-bond acceptors (Lipinski definition) is 2. The fraction of sp³-hybridized carbons (Fsp3) is 0.562. The second kappa shape index (κ2) is 4.34. The maximum atomic E-state index is 5.87. The minimum Gasteiger partial charge on any atom is -0.331 e. The Kier molecular flexibility index (Phi) is 2.90. The van der Waals surface area contributed by atoms with Gasteiger partial charge in [0.1, 0.15) is 5.82 Å². The summed E-state index contributed by atoms with van der Waals surface area (Å²) in [6.07, 6.45) is 3.93. The molecule has 2 aromatic rings. The zero-order chi connectivity index (χ0) is 13.6. The molecule has 3 heteroatoms. The lowest BCUT2D eigenvalue weighted by Crippen LogP contribution is -2.27. The van der Waals surface area contributed by atoms with Crippen molar-refractivity contribution >= 4 is 11.0 Å². The Hall–Kier alpha value is -1.35. The zero-order valence-electron chi connectivity index (χ0n) is 12.1. The predicted molar refractivity (Wildman–Crippen MR) is 79.4 cm³/mol. The molecule has 1 saturated carbocycles. The van der Waals surface area contributed by atoms with Crippen LogP contribution >= 0.6 is 0 Å². The molecule has 1 aromatic heterocycles. The molecule has 0 saturated heterocycles. The van der Waals surface area contributed by atoms with Gasteiger partial charge in [-0.3, -0.25) is 0 Å². The highest BCUT2D eigenvalue weighted by molar-refractivity contribution is 5.77. The van der Waals surface area contributed by atoms with Gasteiger partial charge in [-0.15, -0.1) is 0 Å². The van der Waals surface area contributed by atoms with E-state index in [9.17, 15) is 0 Å². The summed E-state index contributed by atoms with van der Waals surface area (Å²) >= 11 is 0. The molecule has 1 aromatic carbocycles. The van der Waals surface area contributed by atoms with E-state index >= 15 is 0 Å². The number of nitrogens with zero attached hydrogens (tertiary/aromatic N) is 2. The summed E-state index contributed by atoms with van der Waals surface area (Å²) in [4.78, 5) is 4.86. The number of hydrogen-bond donors (Lipinski definition) is 1. The molecule has 2 N–H and O–H groups in total. The molecule has 0 atom stereocenters. The van der Waals surface area contributed by atoms with Crippen LogP contribution in [0.1, 0.15) is 50.4 Å². The van der Waals surface area contributed by atoms with E-state index in [-0.39, 0.29) is 5.41 Å². The Bertz CT molecular complexity index is 606. The summed E-state index contributed by atoms with van der Waals surface area (Å²) in [5, 5.41) is 0. The van der Waals surface area contributed by atoms with Gasteiger partial charge in [0.15, 0.2) is 0 Å². The van der Waals surface area contributed by atoms with Gasteiger partial charge in [-0.05, 0) is 30.5 Å².